The standard InChI is InChI=1S/C14H14FNO3/c15-11-4-2-1-3-10(11)13-14(19-13)12(17)9-5-7-16(14,18)8-6-9/h1-4,9,13H,5-8H2. The van der Waals surface area contributed by atoms with Crippen LogP contribution in [-0.4, -0.2) is 29.2 Å². The zero-order chi connectivity index (χ0) is 13.3. The van der Waals surface area contributed by atoms with E-state index < -0.39 is 22.3 Å². The number of hydrogen-bond acceptors (Lipinski definition) is 3. The third-order valence-electron chi connectivity index (χ3n) is 4.79. The zero-order valence-corrected chi connectivity index (χ0v) is 10.3. The molecule has 4 heterocycles. The molecule has 4 aliphatic heterocycles. The first-order valence-corrected chi connectivity index (χ1v) is 6.63. The molecular formula is C14H14FNO3. The number of ketones is 1. The third-order valence-corrected chi connectivity index (χ3v) is 4.79. The molecule has 0 aliphatic carbocycles. The van der Waals surface area contributed by atoms with Crippen molar-refractivity contribution in [3.05, 3.63) is 40.9 Å². The highest BCUT2D eigenvalue weighted by atomic mass is 19.1. The Morgan fingerprint density at radius 2 is 2.00 bits per heavy atom. The Labute approximate surface area is 109 Å². The van der Waals surface area contributed by atoms with Crippen molar-refractivity contribution in [3.63, 3.8) is 0 Å². The number of Topliss-reactive ketones (excluding diaryl/α,β-unsaturated/α-hetero) is 1. The maximum absolute atomic E-state index is 13.8. The molecule has 4 aliphatic rings. The number of hydroxylamine groups is 3. The lowest BCUT2D eigenvalue weighted by atomic mass is 9.79. The van der Waals surface area contributed by atoms with Crippen LogP contribution < -0.4 is 0 Å². The minimum absolute atomic E-state index is 0.0780. The summed E-state index contributed by atoms with van der Waals surface area (Å²) in [5.74, 6) is -0.606. The van der Waals surface area contributed by atoms with Crippen LogP contribution in [0, 0.1) is 16.9 Å². The molecule has 1 aromatic rings. The number of hydrogen-bond donors (Lipinski definition) is 0. The van der Waals surface area contributed by atoms with Crippen molar-refractivity contribution >= 4 is 5.78 Å². The van der Waals surface area contributed by atoms with E-state index >= 15 is 0 Å². The van der Waals surface area contributed by atoms with Gasteiger partial charge in [-0.25, -0.2) is 4.39 Å². The van der Waals surface area contributed by atoms with Crippen LogP contribution in [0.2, 0.25) is 0 Å². The number of halogens is 1. The molecule has 0 aromatic heterocycles. The monoisotopic (exact) mass is 263 g/mol. The molecule has 1 spiro atoms. The molecule has 100 valence electrons. The van der Waals surface area contributed by atoms with E-state index in [-0.39, 0.29) is 11.7 Å². The largest absolute Gasteiger partial charge is 0.630 e. The summed E-state index contributed by atoms with van der Waals surface area (Å²) in [6.45, 7) is 0.808. The van der Waals surface area contributed by atoms with Gasteiger partial charge in [0.1, 0.15) is 5.82 Å². The summed E-state index contributed by atoms with van der Waals surface area (Å²) >= 11 is 0. The van der Waals surface area contributed by atoms with Crippen molar-refractivity contribution in [1.29, 1.82) is 0 Å². The quantitative estimate of drug-likeness (QED) is 0.442. The molecule has 19 heavy (non-hydrogen) atoms. The second-order valence-corrected chi connectivity index (χ2v) is 5.69. The van der Waals surface area contributed by atoms with Crippen LogP contribution in [0.15, 0.2) is 24.3 Å². The summed E-state index contributed by atoms with van der Waals surface area (Å²) in [6, 6.07) is 6.21. The number of piperidine rings is 3. The fourth-order valence-electron chi connectivity index (χ4n) is 3.68. The molecule has 2 bridgehead atoms. The number of quaternary nitrogens is 1. The summed E-state index contributed by atoms with van der Waals surface area (Å²) in [5, 5.41) is 12.8. The minimum Gasteiger partial charge on any atom is -0.630 e. The molecule has 4 nitrogen and oxygen atoms in total. The number of benzene rings is 1. The van der Waals surface area contributed by atoms with Crippen molar-refractivity contribution in [1.82, 2.24) is 0 Å². The smallest absolute Gasteiger partial charge is 0.296 e. The Bertz CT molecular complexity index is 568. The predicted octanol–water partition coefficient (Wildman–Crippen LogP) is 1.90. The minimum atomic E-state index is -1.34. The molecule has 5 rings (SSSR count). The van der Waals surface area contributed by atoms with Gasteiger partial charge in [0.25, 0.3) is 5.72 Å². The highest BCUT2D eigenvalue weighted by molar-refractivity contribution is 5.92. The van der Waals surface area contributed by atoms with E-state index in [1.54, 1.807) is 18.2 Å². The predicted molar refractivity (Wildman–Crippen MR) is 64.0 cm³/mol. The fourth-order valence-corrected chi connectivity index (χ4v) is 3.68. The Morgan fingerprint density at radius 3 is 2.63 bits per heavy atom. The Balaban J connectivity index is 1.77. The van der Waals surface area contributed by atoms with Gasteiger partial charge in [-0.3, -0.25) is 9.53 Å². The number of ether oxygens (including phenoxy) is 1. The van der Waals surface area contributed by atoms with Gasteiger partial charge in [0.15, 0.2) is 6.10 Å². The Hall–Kier alpha value is -1.30. The number of epoxide rings is 1. The Kier molecular flexibility index (Phi) is 2.07. The number of fused-ring (bicyclic) bond motifs is 2. The molecule has 0 amide bonds. The fraction of sp³-hybridized carbons (Fsp3) is 0.500. The lowest BCUT2D eigenvalue weighted by molar-refractivity contribution is -0.929. The van der Waals surface area contributed by atoms with E-state index in [1.807, 2.05) is 0 Å². The highest BCUT2D eigenvalue weighted by Gasteiger charge is 2.78. The van der Waals surface area contributed by atoms with Gasteiger partial charge in [-0.1, -0.05) is 18.2 Å². The topological polar surface area (TPSA) is 52.7 Å². The number of carbonyl (C=O) groups is 1. The average molecular weight is 263 g/mol. The summed E-state index contributed by atoms with van der Waals surface area (Å²) in [6.07, 6.45) is 0.566. The summed E-state index contributed by atoms with van der Waals surface area (Å²) in [7, 11) is 0. The van der Waals surface area contributed by atoms with Gasteiger partial charge in [-0.15, -0.1) is 0 Å². The summed E-state index contributed by atoms with van der Waals surface area (Å²) < 4.78 is 18.7. The number of nitrogens with zero attached hydrogens (tertiary/aromatic N) is 1. The first-order valence-electron chi connectivity index (χ1n) is 6.63. The zero-order valence-electron chi connectivity index (χ0n) is 10.3. The van der Waals surface area contributed by atoms with Crippen molar-refractivity contribution < 1.29 is 18.6 Å². The van der Waals surface area contributed by atoms with Gasteiger partial charge in [0, 0.05) is 24.3 Å². The number of rotatable bonds is 1. The second kappa shape index (κ2) is 3.42. The Morgan fingerprint density at radius 1 is 1.32 bits per heavy atom. The van der Waals surface area contributed by atoms with Crippen molar-refractivity contribution in [3.8, 4) is 0 Å². The number of carbonyl (C=O) groups excluding carboxylic acids is 1. The molecular weight excluding hydrogens is 249 g/mol. The molecule has 0 radical (unpaired) electrons. The van der Waals surface area contributed by atoms with Gasteiger partial charge in [-0.2, -0.15) is 0 Å². The van der Waals surface area contributed by atoms with E-state index in [9.17, 15) is 14.4 Å². The van der Waals surface area contributed by atoms with Crippen LogP contribution in [0.1, 0.15) is 24.5 Å². The maximum atomic E-state index is 13.8. The molecule has 1 aromatic carbocycles. The van der Waals surface area contributed by atoms with E-state index in [1.165, 1.54) is 6.07 Å². The first kappa shape index (κ1) is 11.5. The summed E-state index contributed by atoms with van der Waals surface area (Å²) in [5.41, 5.74) is -1.01. The van der Waals surface area contributed by atoms with E-state index in [4.69, 9.17) is 4.74 Å². The molecule has 4 saturated heterocycles. The van der Waals surface area contributed by atoms with E-state index in [0.29, 0.717) is 31.5 Å². The second-order valence-electron chi connectivity index (χ2n) is 5.69. The van der Waals surface area contributed by atoms with Gasteiger partial charge in [0.2, 0.25) is 5.78 Å². The van der Waals surface area contributed by atoms with Crippen LogP contribution in [0.3, 0.4) is 0 Å². The van der Waals surface area contributed by atoms with Crippen LogP contribution in [0.25, 0.3) is 0 Å². The molecule has 2 atom stereocenters. The SMILES string of the molecule is O=C1C2CC[N+]([O-])(CC2)C12OC2c1ccccc1F. The third kappa shape index (κ3) is 1.25. The van der Waals surface area contributed by atoms with E-state index in [0.717, 1.165) is 0 Å². The highest BCUT2D eigenvalue weighted by Crippen LogP contribution is 2.61. The first-order chi connectivity index (χ1) is 9.08. The lowest BCUT2D eigenvalue weighted by Crippen LogP contribution is -2.68. The molecule has 0 saturated carbocycles. The van der Waals surface area contributed by atoms with Crippen molar-refractivity contribution in [2.75, 3.05) is 13.1 Å². The van der Waals surface area contributed by atoms with E-state index in [2.05, 4.69) is 0 Å². The van der Waals surface area contributed by atoms with Crippen molar-refractivity contribution in [2.24, 2.45) is 5.92 Å². The van der Waals surface area contributed by atoms with Gasteiger partial charge < -0.3 is 9.85 Å². The van der Waals surface area contributed by atoms with Crippen LogP contribution >= 0.6 is 0 Å². The van der Waals surface area contributed by atoms with Crippen LogP contribution in [0.4, 0.5) is 4.39 Å². The van der Waals surface area contributed by atoms with Gasteiger partial charge in [-0.05, 0) is 6.07 Å². The van der Waals surface area contributed by atoms with Gasteiger partial charge in [0.05, 0.1) is 13.1 Å². The average Bonchev–Trinajstić information content (AvgIpc) is 3.14. The maximum Gasteiger partial charge on any atom is 0.296 e. The lowest BCUT2D eigenvalue weighted by Gasteiger charge is -2.55. The summed E-state index contributed by atoms with van der Waals surface area (Å²) in [4.78, 5) is 12.4. The normalized spacial score (nSPS) is 43.8. The molecule has 4 fully saturated rings. The van der Waals surface area contributed by atoms with Crippen LogP contribution in [0.5, 0.6) is 0 Å². The molecule has 0 N–H and O–H groups in total. The van der Waals surface area contributed by atoms with Gasteiger partial charge >= 0.3 is 0 Å². The molecule has 5 heteroatoms. The molecule has 2 unspecified atom stereocenters. The van der Waals surface area contributed by atoms with Crippen LogP contribution in [-0.2, 0) is 9.53 Å². The van der Waals surface area contributed by atoms with Crippen molar-refractivity contribution in [2.45, 2.75) is 24.7 Å².